The molecule has 1 rings (SSSR count). The third-order valence-electron chi connectivity index (χ3n) is 2.93. The zero-order chi connectivity index (χ0) is 15.3. The molecule has 1 atom stereocenters. The van der Waals surface area contributed by atoms with Crippen molar-refractivity contribution in [2.24, 2.45) is 5.92 Å². The van der Waals surface area contributed by atoms with Crippen molar-refractivity contribution in [3.63, 3.8) is 0 Å². The first kappa shape index (κ1) is 16.6. The van der Waals surface area contributed by atoms with Crippen molar-refractivity contribution in [2.45, 2.75) is 38.0 Å². The quantitative estimate of drug-likeness (QED) is 0.804. The summed E-state index contributed by atoms with van der Waals surface area (Å²) in [7, 11) is 0. The zero-order valence-corrected chi connectivity index (χ0v) is 12.1. The van der Waals surface area contributed by atoms with Gasteiger partial charge in [-0.25, -0.2) is 13.6 Å². The van der Waals surface area contributed by atoms with Crippen molar-refractivity contribution in [1.82, 2.24) is 0 Å². The molecule has 0 aliphatic heterocycles. The minimum atomic E-state index is -1.49. The second-order valence-electron chi connectivity index (χ2n) is 4.38. The first-order valence-corrected chi connectivity index (χ1v) is 7.16. The summed E-state index contributed by atoms with van der Waals surface area (Å²) in [5, 5.41) is 8.57. The van der Waals surface area contributed by atoms with Gasteiger partial charge in [-0.1, -0.05) is 20.3 Å². The van der Waals surface area contributed by atoms with Crippen LogP contribution in [-0.4, -0.2) is 16.2 Å². The van der Waals surface area contributed by atoms with Gasteiger partial charge < -0.3 is 5.11 Å². The molecule has 0 aromatic heterocycles. The van der Waals surface area contributed by atoms with Crippen LogP contribution in [0.2, 0.25) is 0 Å². The molecule has 110 valence electrons. The second kappa shape index (κ2) is 7.38. The van der Waals surface area contributed by atoms with E-state index in [1.54, 1.807) is 0 Å². The molecule has 6 heteroatoms. The van der Waals surface area contributed by atoms with Gasteiger partial charge in [-0.3, -0.25) is 4.79 Å². The number of carbonyl (C=O) groups is 2. The van der Waals surface area contributed by atoms with E-state index in [0.717, 1.165) is 12.5 Å². The highest BCUT2D eigenvalue weighted by Crippen LogP contribution is 2.30. The Bertz CT molecular complexity index is 517. The number of carboxylic acids is 1. The maximum Gasteiger partial charge on any atom is 0.338 e. The minimum Gasteiger partial charge on any atom is -0.478 e. The summed E-state index contributed by atoms with van der Waals surface area (Å²) in [5.41, 5.74) is -0.634. The Balaban J connectivity index is 3.00. The zero-order valence-electron chi connectivity index (χ0n) is 11.3. The van der Waals surface area contributed by atoms with Gasteiger partial charge in [0.05, 0.1) is 10.5 Å². The normalized spacial score (nSPS) is 12.2. The fourth-order valence-corrected chi connectivity index (χ4v) is 2.80. The number of carboxylic acid groups (broad SMARTS) is 1. The van der Waals surface area contributed by atoms with Crippen molar-refractivity contribution in [2.75, 3.05) is 0 Å². The lowest BCUT2D eigenvalue weighted by atomic mass is 10.0. The summed E-state index contributed by atoms with van der Waals surface area (Å²) in [6.45, 7) is 3.81. The second-order valence-corrected chi connectivity index (χ2v) is 5.43. The largest absolute Gasteiger partial charge is 0.478 e. The molecular weight excluding hydrogens is 286 g/mol. The Morgan fingerprint density at radius 2 is 1.90 bits per heavy atom. The van der Waals surface area contributed by atoms with Gasteiger partial charge in [-0.2, -0.15) is 0 Å². The van der Waals surface area contributed by atoms with E-state index in [1.165, 1.54) is 0 Å². The summed E-state index contributed by atoms with van der Waals surface area (Å²) in [6, 6.07) is 1.37. The average Bonchev–Trinajstić information content (AvgIpc) is 2.38. The maximum atomic E-state index is 13.6. The van der Waals surface area contributed by atoms with Gasteiger partial charge in [0.15, 0.2) is 5.12 Å². The molecule has 0 radical (unpaired) electrons. The van der Waals surface area contributed by atoms with Crippen LogP contribution < -0.4 is 0 Å². The molecule has 0 spiro atoms. The fraction of sp³-hybridized carbons (Fsp3) is 0.429. The molecule has 0 fully saturated rings. The summed E-state index contributed by atoms with van der Waals surface area (Å²) < 4.78 is 26.9. The average molecular weight is 302 g/mol. The molecule has 0 aliphatic carbocycles. The molecule has 0 saturated heterocycles. The van der Waals surface area contributed by atoms with Crippen molar-refractivity contribution in [3.05, 3.63) is 29.3 Å². The summed E-state index contributed by atoms with van der Waals surface area (Å²) in [5.74, 6) is -3.76. The Morgan fingerprint density at radius 1 is 1.25 bits per heavy atom. The van der Waals surface area contributed by atoms with E-state index in [0.29, 0.717) is 30.7 Å². The number of halogens is 2. The van der Waals surface area contributed by atoms with Gasteiger partial charge in [0.1, 0.15) is 11.6 Å². The van der Waals surface area contributed by atoms with E-state index in [-0.39, 0.29) is 15.9 Å². The van der Waals surface area contributed by atoms with Crippen LogP contribution in [0.3, 0.4) is 0 Å². The summed E-state index contributed by atoms with van der Waals surface area (Å²) in [6.07, 6.45) is 2.16. The third kappa shape index (κ3) is 4.03. The predicted molar refractivity (Wildman–Crippen MR) is 72.9 cm³/mol. The SMILES string of the molecule is CCCC(CC)C(=O)Sc1cc(C(=O)O)c(F)cc1F. The first-order chi connectivity index (χ1) is 9.40. The van der Waals surface area contributed by atoms with E-state index < -0.39 is 23.2 Å². The Morgan fingerprint density at radius 3 is 2.40 bits per heavy atom. The summed E-state index contributed by atoms with van der Waals surface area (Å²) in [4.78, 5) is 22.7. The monoisotopic (exact) mass is 302 g/mol. The molecular formula is C14H16F2O3S. The highest BCUT2D eigenvalue weighted by molar-refractivity contribution is 8.13. The predicted octanol–water partition coefficient (Wildman–Crippen LogP) is 4.11. The molecule has 1 unspecified atom stereocenters. The highest BCUT2D eigenvalue weighted by atomic mass is 32.2. The molecule has 0 amide bonds. The van der Waals surface area contributed by atoms with Crippen LogP contribution >= 0.6 is 11.8 Å². The molecule has 1 aromatic rings. The van der Waals surface area contributed by atoms with Gasteiger partial charge in [-0.15, -0.1) is 0 Å². The van der Waals surface area contributed by atoms with Gasteiger partial charge in [-0.05, 0) is 30.7 Å². The third-order valence-corrected chi connectivity index (χ3v) is 3.99. The van der Waals surface area contributed by atoms with Crippen molar-refractivity contribution in [1.29, 1.82) is 0 Å². The van der Waals surface area contributed by atoms with E-state index in [4.69, 9.17) is 5.11 Å². The van der Waals surface area contributed by atoms with Crippen LogP contribution in [0.1, 0.15) is 43.5 Å². The number of benzene rings is 1. The first-order valence-electron chi connectivity index (χ1n) is 6.34. The molecule has 20 heavy (non-hydrogen) atoms. The number of carbonyl (C=O) groups excluding carboxylic acids is 1. The topological polar surface area (TPSA) is 54.4 Å². The van der Waals surface area contributed by atoms with E-state index in [9.17, 15) is 18.4 Å². The lowest BCUT2D eigenvalue weighted by molar-refractivity contribution is -0.114. The summed E-state index contributed by atoms with van der Waals surface area (Å²) >= 11 is 0.639. The number of rotatable bonds is 6. The minimum absolute atomic E-state index is 0.150. The molecule has 0 saturated carbocycles. The van der Waals surface area contributed by atoms with Gasteiger partial charge in [0.25, 0.3) is 0 Å². The molecule has 1 aromatic carbocycles. The van der Waals surface area contributed by atoms with Crippen LogP contribution in [0.5, 0.6) is 0 Å². The van der Waals surface area contributed by atoms with Crippen molar-refractivity contribution >= 4 is 22.8 Å². The van der Waals surface area contributed by atoms with Crippen LogP contribution in [-0.2, 0) is 4.79 Å². The van der Waals surface area contributed by atoms with E-state index >= 15 is 0 Å². The maximum absolute atomic E-state index is 13.6. The number of hydrogen-bond acceptors (Lipinski definition) is 3. The Hall–Kier alpha value is -1.43. The van der Waals surface area contributed by atoms with E-state index in [1.807, 2.05) is 13.8 Å². The standard InChI is InChI=1S/C14H16F2O3S/c1-3-5-8(4-2)14(19)20-12-6-9(13(17)18)10(15)7-11(12)16/h6-8H,3-5H2,1-2H3,(H,17,18). The lowest BCUT2D eigenvalue weighted by Crippen LogP contribution is -2.10. The van der Waals surface area contributed by atoms with Crippen molar-refractivity contribution < 1.29 is 23.5 Å². The molecule has 1 N–H and O–H groups in total. The van der Waals surface area contributed by atoms with Crippen LogP contribution in [0, 0.1) is 17.6 Å². The lowest BCUT2D eigenvalue weighted by Gasteiger charge is -2.12. The highest BCUT2D eigenvalue weighted by Gasteiger charge is 2.21. The van der Waals surface area contributed by atoms with Gasteiger partial charge in [0, 0.05) is 12.0 Å². The van der Waals surface area contributed by atoms with Crippen molar-refractivity contribution in [3.8, 4) is 0 Å². The molecule has 3 nitrogen and oxygen atoms in total. The molecule has 0 heterocycles. The Kier molecular flexibility index (Phi) is 6.13. The van der Waals surface area contributed by atoms with Crippen LogP contribution in [0.4, 0.5) is 8.78 Å². The Labute approximate surface area is 120 Å². The fourth-order valence-electron chi connectivity index (χ4n) is 1.80. The van der Waals surface area contributed by atoms with E-state index in [2.05, 4.69) is 0 Å². The van der Waals surface area contributed by atoms with Crippen LogP contribution in [0.25, 0.3) is 0 Å². The smallest absolute Gasteiger partial charge is 0.338 e. The molecule has 0 bridgehead atoms. The number of thioether (sulfide) groups is 1. The van der Waals surface area contributed by atoms with Crippen LogP contribution in [0.15, 0.2) is 17.0 Å². The molecule has 0 aliphatic rings. The number of aromatic carboxylic acids is 1. The number of hydrogen-bond donors (Lipinski definition) is 1. The van der Waals surface area contributed by atoms with Gasteiger partial charge >= 0.3 is 5.97 Å². The van der Waals surface area contributed by atoms with Gasteiger partial charge in [0.2, 0.25) is 0 Å².